The number of carbonyl (C=O) groups excluding carboxylic acids is 1. The van der Waals surface area contributed by atoms with Crippen molar-refractivity contribution in [2.24, 2.45) is 0 Å². The van der Waals surface area contributed by atoms with E-state index in [2.05, 4.69) is 36.4 Å². The van der Waals surface area contributed by atoms with Gasteiger partial charge in [0.1, 0.15) is 11.2 Å². The Hall–Kier alpha value is -3.55. The minimum absolute atomic E-state index is 0.367. The zero-order valence-corrected chi connectivity index (χ0v) is 38.8. The number of rotatable bonds is 40. The molecule has 15 heteroatoms. The van der Waals surface area contributed by atoms with E-state index in [1.54, 1.807) is 7.05 Å². The summed E-state index contributed by atoms with van der Waals surface area (Å²) in [5, 5.41) is 0. The number of hydrogen-bond donors (Lipinski definition) is 0. The summed E-state index contributed by atoms with van der Waals surface area (Å²) in [5.74, 6) is 0. The third kappa shape index (κ3) is 25.2. The van der Waals surface area contributed by atoms with Crippen molar-refractivity contribution in [1.82, 2.24) is 4.90 Å². The maximum atomic E-state index is 11.9. The first kappa shape index (κ1) is 54.8. The molecular weight excluding hydrogens is 827 g/mol. The molecule has 0 bridgehead atoms. The maximum Gasteiger partial charge on any atom is 0.410 e. The van der Waals surface area contributed by atoms with Crippen LogP contribution in [0, 0.1) is 0 Å². The van der Waals surface area contributed by atoms with Gasteiger partial charge in [0.2, 0.25) is 0 Å². The molecule has 1 amide bonds. The van der Waals surface area contributed by atoms with E-state index in [1.807, 2.05) is 75.4 Å². The molecule has 0 heterocycles. The van der Waals surface area contributed by atoms with Crippen LogP contribution >= 0.6 is 0 Å². The SMILES string of the molecule is CN(CCOCCOCCOCCOCCOCCOCCOCCOCCOCCOCCOCCOC(c1ccccc1)(c1ccccc1)c1ccccc1)C(=O)OC(C)(C)C. The lowest BCUT2D eigenvalue weighted by Gasteiger charge is -2.36. The molecule has 0 fully saturated rings. The molecule has 0 saturated heterocycles. The minimum atomic E-state index is -0.758. The van der Waals surface area contributed by atoms with Gasteiger partial charge >= 0.3 is 6.09 Å². The van der Waals surface area contributed by atoms with Gasteiger partial charge in [-0.05, 0) is 37.5 Å². The summed E-state index contributed by atoms with van der Waals surface area (Å²) in [6.45, 7) is 16.8. The van der Waals surface area contributed by atoms with Gasteiger partial charge in [-0.3, -0.25) is 0 Å². The zero-order valence-electron chi connectivity index (χ0n) is 38.8. The second-order valence-electron chi connectivity index (χ2n) is 15.3. The quantitative estimate of drug-likeness (QED) is 0.0484. The van der Waals surface area contributed by atoms with Gasteiger partial charge in [-0.1, -0.05) is 91.0 Å². The standard InChI is InChI=1S/C49H75NO14/c1-48(2,3)64-47(51)50(4)20-21-52-22-23-53-24-25-54-26-27-55-28-29-56-30-31-57-32-33-58-34-35-59-36-37-60-38-39-61-40-41-62-42-43-63-49(44-14-8-5-9-15-44,45-16-10-6-11-17-45)46-18-12-7-13-19-46/h5-19H,20-43H2,1-4H3. The van der Waals surface area contributed by atoms with E-state index in [0.29, 0.717) is 159 Å². The molecule has 360 valence electrons. The number of benzene rings is 3. The molecule has 0 aliphatic heterocycles. The summed E-state index contributed by atoms with van der Waals surface area (Å²) in [6, 6.07) is 31.0. The van der Waals surface area contributed by atoms with E-state index in [1.165, 1.54) is 4.90 Å². The van der Waals surface area contributed by atoms with E-state index in [4.69, 9.17) is 61.6 Å². The van der Waals surface area contributed by atoms with Crippen LogP contribution in [0.25, 0.3) is 0 Å². The molecule has 0 spiro atoms. The first-order chi connectivity index (χ1) is 31.3. The van der Waals surface area contributed by atoms with E-state index in [0.717, 1.165) is 16.7 Å². The summed E-state index contributed by atoms with van der Waals surface area (Å²) in [5.41, 5.74) is 1.91. The predicted molar refractivity (Wildman–Crippen MR) is 243 cm³/mol. The first-order valence-electron chi connectivity index (χ1n) is 22.4. The molecule has 64 heavy (non-hydrogen) atoms. The number of hydrogen-bond acceptors (Lipinski definition) is 14. The lowest BCUT2D eigenvalue weighted by molar-refractivity contribution is -0.0399. The van der Waals surface area contributed by atoms with Gasteiger partial charge in [0, 0.05) is 13.6 Å². The van der Waals surface area contributed by atoms with Crippen LogP contribution in [0.5, 0.6) is 0 Å². The molecule has 15 nitrogen and oxygen atoms in total. The Morgan fingerprint density at radius 2 is 0.609 bits per heavy atom. The monoisotopic (exact) mass is 902 g/mol. The van der Waals surface area contributed by atoms with E-state index < -0.39 is 11.2 Å². The van der Waals surface area contributed by atoms with Gasteiger partial charge in [-0.25, -0.2) is 4.79 Å². The molecular formula is C49H75NO14. The van der Waals surface area contributed by atoms with Crippen molar-refractivity contribution in [2.75, 3.05) is 166 Å². The number of likely N-dealkylation sites (N-methyl/N-ethyl adjacent to an activating group) is 1. The van der Waals surface area contributed by atoms with E-state index in [9.17, 15) is 4.79 Å². The van der Waals surface area contributed by atoms with Gasteiger partial charge in [0.25, 0.3) is 0 Å². The van der Waals surface area contributed by atoms with Crippen molar-refractivity contribution in [3.05, 3.63) is 108 Å². The topological polar surface area (TPSA) is 140 Å². The average Bonchev–Trinajstić information content (AvgIpc) is 3.30. The Balaban J connectivity index is 1.00. The van der Waals surface area contributed by atoms with Gasteiger partial charge in [0.05, 0.1) is 152 Å². The summed E-state index contributed by atoms with van der Waals surface area (Å²) in [7, 11) is 1.68. The van der Waals surface area contributed by atoms with Crippen molar-refractivity contribution in [3.63, 3.8) is 0 Å². The lowest BCUT2D eigenvalue weighted by Crippen LogP contribution is -2.36. The van der Waals surface area contributed by atoms with E-state index in [-0.39, 0.29) is 6.09 Å². The van der Waals surface area contributed by atoms with Crippen molar-refractivity contribution < 1.29 is 66.4 Å². The van der Waals surface area contributed by atoms with Gasteiger partial charge in [-0.15, -0.1) is 0 Å². The minimum Gasteiger partial charge on any atom is -0.444 e. The predicted octanol–water partition coefficient (Wildman–Crippen LogP) is 6.04. The van der Waals surface area contributed by atoms with Crippen molar-refractivity contribution in [2.45, 2.75) is 32.0 Å². The van der Waals surface area contributed by atoms with Crippen molar-refractivity contribution in [3.8, 4) is 0 Å². The first-order valence-corrected chi connectivity index (χ1v) is 22.4. The van der Waals surface area contributed by atoms with Crippen molar-refractivity contribution >= 4 is 6.09 Å². The lowest BCUT2D eigenvalue weighted by atomic mass is 9.80. The van der Waals surface area contributed by atoms with Crippen LogP contribution in [0.3, 0.4) is 0 Å². The van der Waals surface area contributed by atoms with Gasteiger partial charge in [-0.2, -0.15) is 0 Å². The largest absolute Gasteiger partial charge is 0.444 e. The van der Waals surface area contributed by atoms with Crippen LogP contribution in [0.15, 0.2) is 91.0 Å². The number of carbonyl (C=O) groups is 1. The number of amides is 1. The van der Waals surface area contributed by atoms with Crippen LogP contribution in [-0.2, 0) is 67.2 Å². The highest BCUT2D eigenvalue weighted by molar-refractivity contribution is 5.67. The van der Waals surface area contributed by atoms with Crippen molar-refractivity contribution in [1.29, 1.82) is 0 Å². The van der Waals surface area contributed by atoms with E-state index >= 15 is 0 Å². The second-order valence-corrected chi connectivity index (χ2v) is 15.3. The maximum absolute atomic E-state index is 11.9. The highest BCUT2D eigenvalue weighted by atomic mass is 16.6. The molecule has 0 unspecified atom stereocenters. The summed E-state index contributed by atoms with van der Waals surface area (Å²) >= 11 is 0. The Bertz CT molecular complexity index is 1420. The normalized spacial score (nSPS) is 11.9. The molecule has 0 saturated carbocycles. The molecule has 3 aromatic carbocycles. The van der Waals surface area contributed by atoms with Crippen LogP contribution in [0.1, 0.15) is 37.5 Å². The van der Waals surface area contributed by atoms with Crippen LogP contribution in [-0.4, -0.2) is 182 Å². The van der Waals surface area contributed by atoms with Crippen LogP contribution in [0.4, 0.5) is 4.79 Å². The molecule has 0 aliphatic carbocycles. The Morgan fingerprint density at radius 1 is 0.375 bits per heavy atom. The summed E-state index contributed by atoms with van der Waals surface area (Å²) in [6.07, 6.45) is -0.367. The van der Waals surface area contributed by atoms with Crippen LogP contribution in [0.2, 0.25) is 0 Å². The highest BCUT2D eigenvalue weighted by Gasteiger charge is 2.37. The number of nitrogens with zero attached hydrogens (tertiary/aromatic N) is 1. The molecule has 0 N–H and O–H groups in total. The average molecular weight is 902 g/mol. The van der Waals surface area contributed by atoms with Crippen LogP contribution < -0.4 is 0 Å². The Morgan fingerprint density at radius 3 is 0.859 bits per heavy atom. The fourth-order valence-electron chi connectivity index (χ4n) is 5.96. The smallest absolute Gasteiger partial charge is 0.410 e. The highest BCUT2D eigenvalue weighted by Crippen LogP contribution is 2.40. The third-order valence-corrected chi connectivity index (χ3v) is 9.08. The Kier molecular flexibility index (Phi) is 30.5. The molecule has 0 aromatic heterocycles. The zero-order chi connectivity index (χ0) is 45.7. The fourth-order valence-corrected chi connectivity index (χ4v) is 5.96. The number of ether oxygens (including phenoxy) is 13. The van der Waals surface area contributed by atoms with Gasteiger partial charge in [0.15, 0.2) is 0 Å². The molecule has 3 aromatic rings. The molecule has 3 rings (SSSR count). The molecule has 0 aliphatic rings. The van der Waals surface area contributed by atoms with Gasteiger partial charge < -0.3 is 66.5 Å². The fraction of sp³-hybridized carbons (Fsp3) is 0.612. The Labute approximate surface area is 381 Å². The summed E-state index contributed by atoms with van der Waals surface area (Å²) in [4.78, 5) is 13.4. The third-order valence-electron chi connectivity index (χ3n) is 9.08. The summed E-state index contributed by atoms with van der Waals surface area (Å²) < 4.78 is 73.3. The molecule has 0 atom stereocenters. The second kappa shape index (κ2) is 35.7. The molecule has 0 radical (unpaired) electrons.